The normalized spacial score (nSPS) is 14.6. The van der Waals surface area contributed by atoms with Crippen molar-refractivity contribution in [2.75, 3.05) is 31.1 Å². The average Bonchev–Trinajstić information content (AvgIpc) is 2.61. The van der Waals surface area contributed by atoms with Crippen LogP contribution in [-0.2, 0) is 11.2 Å². The molecule has 2 aromatic rings. The van der Waals surface area contributed by atoms with Gasteiger partial charge in [0.1, 0.15) is 0 Å². The quantitative estimate of drug-likeness (QED) is 0.805. The molecule has 3 rings (SSSR count). The molecule has 1 aliphatic rings. The van der Waals surface area contributed by atoms with Crippen LogP contribution in [0.2, 0.25) is 5.02 Å². The van der Waals surface area contributed by atoms with Crippen molar-refractivity contribution >= 4 is 23.3 Å². The Hall–Kier alpha value is -2.34. The smallest absolute Gasteiger partial charge is 0.234 e. The van der Waals surface area contributed by atoms with Crippen LogP contribution in [0.15, 0.2) is 36.7 Å². The average molecular weight is 375 g/mol. The van der Waals surface area contributed by atoms with Crippen LogP contribution in [-0.4, -0.2) is 53.1 Å². The van der Waals surface area contributed by atoms with E-state index >= 15 is 0 Å². The van der Waals surface area contributed by atoms with Gasteiger partial charge in [-0.2, -0.15) is 4.98 Å². The van der Waals surface area contributed by atoms with E-state index in [0.29, 0.717) is 30.4 Å². The van der Waals surface area contributed by atoms with Gasteiger partial charge in [-0.1, -0.05) is 23.7 Å². The molecule has 1 aromatic heterocycles. The van der Waals surface area contributed by atoms with Crippen molar-refractivity contribution < 1.29 is 9.53 Å². The Bertz CT molecular complexity index is 761. The third kappa shape index (κ3) is 4.85. The van der Waals surface area contributed by atoms with Gasteiger partial charge in [0.15, 0.2) is 5.82 Å². The van der Waals surface area contributed by atoms with E-state index in [1.165, 1.54) is 0 Å². The second-order valence-corrected chi connectivity index (χ2v) is 6.99. The summed E-state index contributed by atoms with van der Waals surface area (Å²) in [5.74, 6) is 1.43. The van der Waals surface area contributed by atoms with Crippen LogP contribution in [0.5, 0.6) is 5.88 Å². The summed E-state index contributed by atoms with van der Waals surface area (Å²) in [5, 5.41) is 0.655. The van der Waals surface area contributed by atoms with Gasteiger partial charge in [0.25, 0.3) is 0 Å². The van der Waals surface area contributed by atoms with Gasteiger partial charge in [0.2, 0.25) is 11.8 Å². The van der Waals surface area contributed by atoms with E-state index in [0.717, 1.165) is 24.5 Å². The number of nitrogens with zero attached hydrogens (tertiary/aromatic N) is 4. The maximum absolute atomic E-state index is 12.5. The number of amides is 1. The Morgan fingerprint density at radius 2 is 2.00 bits per heavy atom. The molecule has 1 saturated heterocycles. The molecular formula is C19H23ClN4O2. The first-order valence-corrected chi connectivity index (χ1v) is 9.15. The third-order valence-corrected chi connectivity index (χ3v) is 4.39. The molecule has 0 radical (unpaired) electrons. The zero-order valence-corrected chi connectivity index (χ0v) is 15.8. The lowest BCUT2D eigenvalue weighted by atomic mass is 10.1. The van der Waals surface area contributed by atoms with E-state index in [-0.39, 0.29) is 12.0 Å². The number of piperazine rings is 1. The monoisotopic (exact) mass is 374 g/mol. The van der Waals surface area contributed by atoms with Crippen molar-refractivity contribution in [1.29, 1.82) is 0 Å². The predicted molar refractivity (Wildman–Crippen MR) is 102 cm³/mol. The maximum Gasteiger partial charge on any atom is 0.234 e. The Morgan fingerprint density at radius 3 is 2.69 bits per heavy atom. The summed E-state index contributed by atoms with van der Waals surface area (Å²) in [5.41, 5.74) is 0.939. The molecule has 138 valence electrons. The van der Waals surface area contributed by atoms with Crippen molar-refractivity contribution in [3.63, 3.8) is 0 Å². The molecule has 1 amide bonds. The predicted octanol–water partition coefficient (Wildman–Crippen LogP) is 2.81. The molecular weight excluding hydrogens is 352 g/mol. The van der Waals surface area contributed by atoms with Crippen molar-refractivity contribution in [3.8, 4) is 5.88 Å². The molecule has 0 N–H and O–H groups in total. The summed E-state index contributed by atoms with van der Waals surface area (Å²) in [4.78, 5) is 25.2. The summed E-state index contributed by atoms with van der Waals surface area (Å²) in [6.45, 7) is 6.69. The molecule has 0 saturated carbocycles. The molecule has 0 spiro atoms. The summed E-state index contributed by atoms with van der Waals surface area (Å²) in [7, 11) is 0. The Morgan fingerprint density at radius 1 is 1.23 bits per heavy atom. The van der Waals surface area contributed by atoms with Crippen LogP contribution in [0.1, 0.15) is 19.4 Å². The second kappa shape index (κ2) is 8.36. The third-order valence-electron chi connectivity index (χ3n) is 4.16. The SMILES string of the molecule is CC(C)Oc1cncc(N2CCN(C(=O)Cc3cccc(Cl)c3)CC2)n1. The first-order chi connectivity index (χ1) is 12.5. The van der Waals surface area contributed by atoms with Gasteiger partial charge in [-0.25, -0.2) is 0 Å². The van der Waals surface area contributed by atoms with Crippen LogP contribution >= 0.6 is 11.6 Å². The van der Waals surface area contributed by atoms with Gasteiger partial charge >= 0.3 is 0 Å². The number of rotatable bonds is 5. The highest BCUT2D eigenvalue weighted by Gasteiger charge is 2.22. The molecule has 1 fully saturated rings. The molecule has 0 aliphatic carbocycles. The van der Waals surface area contributed by atoms with Crippen LogP contribution in [0.4, 0.5) is 5.82 Å². The van der Waals surface area contributed by atoms with E-state index in [4.69, 9.17) is 16.3 Å². The van der Waals surface area contributed by atoms with E-state index in [1.807, 2.05) is 43.0 Å². The number of hydrogen-bond donors (Lipinski definition) is 0. The number of halogens is 1. The Balaban J connectivity index is 1.56. The summed E-state index contributed by atoms with van der Waals surface area (Å²) >= 11 is 5.99. The summed E-state index contributed by atoms with van der Waals surface area (Å²) in [6.07, 6.45) is 3.78. The van der Waals surface area contributed by atoms with Crippen molar-refractivity contribution in [3.05, 3.63) is 47.2 Å². The number of ether oxygens (including phenoxy) is 1. The second-order valence-electron chi connectivity index (χ2n) is 6.56. The molecule has 6 nitrogen and oxygen atoms in total. The number of carbonyl (C=O) groups is 1. The zero-order chi connectivity index (χ0) is 18.5. The highest BCUT2D eigenvalue weighted by Crippen LogP contribution is 2.18. The molecule has 0 unspecified atom stereocenters. The van der Waals surface area contributed by atoms with Gasteiger partial charge in [0.05, 0.1) is 24.9 Å². The minimum absolute atomic E-state index is 0.0560. The lowest BCUT2D eigenvalue weighted by Gasteiger charge is -2.35. The van der Waals surface area contributed by atoms with Crippen molar-refractivity contribution in [2.45, 2.75) is 26.4 Å². The van der Waals surface area contributed by atoms with E-state index in [9.17, 15) is 4.79 Å². The Kier molecular flexibility index (Phi) is 5.93. The number of aromatic nitrogens is 2. The van der Waals surface area contributed by atoms with Gasteiger partial charge in [-0.3, -0.25) is 9.78 Å². The maximum atomic E-state index is 12.5. The minimum atomic E-state index is 0.0560. The fraction of sp³-hybridized carbons (Fsp3) is 0.421. The molecule has 0 bridgehead atoms. The van der Waals surface area contributed by atoms with E-state index < -0.39 is 0 Å². The van der Waals surface area contributed by atoms with Crippen molar-refractivity contribution in [2.24, 2.45) is 0 Å². The lowest BCUT2D eigenvalue weighted by Crippen LogP contribution is -2.49. The summed E-state index contributed by atoms with van der Waals surface area (Å²) < 4.78 is 5.61. The highest BCUT2D eigenvalue weighted by molar-refractivity contribution is 6.30. The lowest BCUT2D eigenvalue weighted by molar-refractivity contribution is -0.130. The first-order valence-electron chi connectivity index (χ1n) is 8.77. The van der Waals surface area contributed by atoms with Crippen LogP contribution in [0, 0.1) is 0 Å². The van der Waals surface area contributed by atoms with Crippen LogP contribution in [0.25, 0.3) is 0 Å². The van der Waals surface area contributed by atoms with Gasteiger partial charge in [-0.05, 0) is 31.5 Å². The molecule has 2 heterocycles. The fourth-order valence-electron chi connectivity index (χ4n) is 2.91. The molecule has 0 atom stereocenters. The number of carbonyl (C=O) groups excluding carboxylic acids is 1. The zero-order valence-electron chi connectivity index (χ0n) is 15.1. The number of hydrogen-bond acceptors (Lipinski definition) is 5. The Labute approximate surface area is 158 Å². The van der Waals surface area contributed by atoms with Gasteiger partial charge in [0, 0.05) is 31.2 Å². The van der Waals surface area contributed by atoms with Crippen molar-refractivity contribution in [1.82, 2.24) is 14.9 Å². The molecule has 26 heavy (non-hydrogen) atoms. The summed E-state index contributed by atoms with van der Waals surface area (Å²) in [6, 6.07) is 7.45. The van der Waals surface area contributed by atoms with Gasteiger partial charge in [-0.15, -0.1) is 0 Å². The molecule has 1 aliphatic heterocycles. The van der Waals surface area contributed by atoms with Crippen LogP contribution in [0.3, 0.4) is 0 Å². The number of benzene rings is 1. The first kappa shape index (κ1) is 18.5. The fourth-order valence-corrected chi connectivity index (χ4v) is 3.12. The standard InChI is InChI=1S/C19H23ClN4O2/c1-14(2)26-18-13-21-12-17(22-18)23-6-8-24(9-7-23)19(25)11-15-4-3-5-16(20)10-15/h3-5,10,12-14H,6-9,11H2,1-2H3. The minimum Gasteiger partial charge on any atom is -0.474 e. The molecule has 7 heteroatoms. The van der Waals surface area contributed by atoms with E-state index in [2.05, 4.69) is 14.9 Å². The van der Waals surface area contributed by atoms with E-state index in [1.54, 1.807) is 12.4 Å². The molecule has 1 aromatic carbocycles. The number of anilines is 1. The van der Waals surface area contributed by atoms with Gasteiger partial charge < -0.3 is 14.5 Å². The topological polar surface area (TPSA) is 58.6 Å². The van der Waals surface area contributed by atoms with Crippen LogP contribution < -0.4 is 9.64 Å². The highest BCUT2D eigenvalue weighted by atomic mass is 35.5. The largest absolute Gasteiger partial charge is 0.474 e.